The maximum atomic E-state index is 13.2. The molecule has 7 heteroatoms. The minimum Gasteiger partial charge on any atom is -0.361 e. The number of benzene rings is 2. The first kappa shape index (κ1) is 23.9. The zero-order valence-electron chi connectivity index (χ0n) is 20.9. The number of nitrogens with one attached hydrogen (secondary N) is 2. The van der Waals surface area contributed by atoms with E-state index in [0.29, 0.717) is 25.2 Å². The molecule has 186 valence electrons. The molecule has 2 N–H and O–H groups in total. The molecule has 0 unspecified atom stereocenters. The number of aromatic amines is 1. The van der Waals surface area contributed by atoms with Gasteiger partial charge in [-0.25, -0.2) is 4.68 Å². The lowest BCUT2D eigenvalue weighted by molar-refractivity contribution is -0.126. The summed E-state index contributed by atoms with van der Waals surface area (Å²) in [6, 6.07) is 18.0. The largest absolute Gasteiger partial charge is 0.361 e. The van der Waals surface area contributed by atoms with Crippen LogP contribution < -0.4 is 5.32 Å². The van der Waals surface area contributed by atoms with Crippen LogP contribution in [0, 0.1) is 18.8 Å². The Hall–Kier alpha value is -3.87. The van der Waals surface area contributed by atoms with Crippen molar-refractivity contribution in [2.45, 2.75) is 33.1 Å². The number of hydrogen-bond donors (Lipinski definition) is 2. The summed E-state index contributed by atoms with van der Waals surface area (Å²) in [5.41, 5.74) is 4.64. The third kappa shape index (κ3) is 4.91. The van der Waals surface area contributed by atoms with E-state index in [-0.39, 0.29) is 23.7 Å². The van der Waals surface area contributed by atoms with Crippen molar-refractivity contribution in [1.29, 1.82) is 0 Å². The summed E-state index contributed by atoms with van der Waals surface area (Å²) < 4.78 is 1.76. The van der Waals surface area contributed by atoms with Gasteiger partial charge in [0.25, 0.3) is 5.91 Å². The average Bonchev–Trinajstić information content (AvgIpc) is 3.52. The van der Waals surface area contributed by atoms with Gasteiger partial charge in [-0.3, -0.25) is 9.59 Å². The van der Waals surface area contributed by atoms with E-state index in [2.05, 4.69) is 27.5 Å². The predicted octanol–water partition coefficient (Wildman–Crippen LogP) is 4.51. The number of hydrogen-bond acceptors (Lipinski definition) is 3. The zero-order valence-corrected chi connectivity index (χ0v) is 20.9. The molecule has 0 aliphatic carbocycles. The molecule has 1 aliphatic heterocycles. The molecule has 7 nitrogen and oxygen atoms in total. The molecule has 0 radical (unpaired) electrons. The Morgan fingerprint density at radius 3 is 2.58 bits per heavy atom. The van der Waals surface area contributed by atoms with E-state index in [9.17, 15) is 9.59 Å². The van der Waals surface area contributed by atoms with Crippen LogP contribution >= 0.6 is 0 Å². The lowest BCUT2D eigenvalue weighted by atomic mass is 9.84. The van der Waals surface area contributed by atoms with E-state index >= 15 is 0 Å². The van der Waals surface area contributed by atoms with Crippen LogP contribution in [0.1, 0.15) is 41.4 Å². The number of amides is 2. The number of rotatable bonds is 7. The smallest absolute Gasteiger partial charge is 0.257 e. The summed E-state index contributed by atoms with van der Waals surface area (Å²) >= 11 is 0. The molecule has 2 aromatic carbocycles. The van der Waals surface area contributed by atoms with Crippen molar-refractivity contribution >= 4 is 22.7 Å². The van der Waals surface area contributed by atoms with Gasteiger partial charge in [0.1, 0.15) is 0 Å². The molecule has 4 aromatic rings. The second-order valence-corrected chi connectivity index (χ2v) is 9.73. The number of carbonyl (C=O) groups excluding carboxylic acids is 2. The third-order valence-corrected chi connectivity index (χ3v) is 7.47. The molecule has 0 saturated carbocycles. The Morgan fingerprint density at radius 2 is 1.81 bits per heavy atom. The minimum absolute atomic E-state index is 0.0176. The van der Waals surface area contributed by atoms with Crippen molar-refractivity contribution in [1.82, 2.24) is 25.0 Å². The van der Waals surface area contributed by atoms with Gasteiger partial charge in [-0.15, -0.1) is 0 Å². The van der Waals surface area contributed by atoms with Crippen LogP contribution in [-0.2, 0) is 11.2 Å². The summed E-state index contributed by atoms with van der Waals surface area (Å²) in [7, 11) is 0. The quantitative estimate of drug-likeness (QED) is 0.406. The average molecular weight is 484 g/mol. The standard InChI is InChI=1S/C29H33N5O2/c1-20(28(35)30-15-12-23-18-31-27-11-7-6-10-25(23)27)22-13-16-33(17-14-22)29(36)26-19-34(32-21(26)2)24-8-4-3-5-9-24/h3-11,18-20,22,31H,12-17H2,1-2H3,(H,30,35)/t20-/m1/s1. The predicted molar refractivity (Wildman–Crippen MR) is 141 cm³/mol. The third-order valence-electron chi connectivity index (χ3n) is 7.47. The maximum absolute atomic E-state index is 13.2. The van der Waals surface area contributed by atoms with Crippen LogP contribution in [0.3, 0.4) is 0 Å². The molecular formula is C29H33N5O2. The number of aryl methyl sites for hydroxylation is 1. The number of piperidine rings is 1. The number of likely N-dealkylation sites (tertiary alicyclic amines) is 1. The van der Waals surface area contributed by atoms with Gasteiger partial charge in [-0.05, 0) is 55.9 Å². The second-order valence-electron chi connectivity index (χ2n) is 9.73. The molecular weight excluding hydrogens is 450 g/mol. The Kier molecular flexibility index (Phi) is 6.89. The topological polar surface area (TPSA) is 83.0 Å². The van der Waals surface area contributed by atoms with Crippen LogP contribution in [0.15, 0.2) is 67.0 Å². The molecule has 5 rings (SSSR count). The van der Waals surface area contributed by atoms with Crippen molar-refractivity contribution in [3.8, 4) is 5.69 Å². The Labute approximate surface area is 211 Å². The molecule has 1 fully saturated rings. The molecule has 0 bridgehead atoms. The van der Waals surface area contributed by atoms with Gasteiger partial charge in [0.05, 0.1) is 16.9 Å². The fraction of sp³-hybridized carbons (Fsp3) is 0.345. The highest BCUT2D eigenvalue weighted by atomic mass is 16.2. The summed E-state index contributed by atoms with van der Waals surface area (Å²) in [6.07, 6.45) is 6.30. The molecule has 1 atom stereocenters. The monoisotopic (exact) mass is 483 g/mol. The number of para-hydroxylation sites is 2. The van der Waals surface area contributed by atoms with Gasteiger partial charge in [-0.2, -0.15) is 5.10 Å². The van der Waals surface area contributed by atoms with Crippen LogP contribution in [0.25, 0.3) is 16.6 Å². The molecule has 1 aliphatic rings. The molecule has 1 saturated heterocycles. The van der Waals surface area contributed by atoms with Gasteiger partial charge in [-0.1, -0.05) is 43.3 Å². The van der Waals surface area contributed by atoms with Crippen LogP contribution in [0.4, 0.5) is 0 Å². The summed E-state index contributed by atoms with van der Waals surface area (Å²) in [6.45, 7) is 5.82. The highest BCUT2D eigenvalue weighted by molar-refractivity contribution is 5.95. The number of nitrogens with zero attached hydrogens (tertiary/aromatic N) is 3. The SMILES string of the molecule is Cc1nn(-c2ccccc2)cc1C(=O)N1CCC([C@@H](C)C(=O)NCCc2c[nH]c3ccccc23)CC1. The highest BCUT2D eigenvalue weighted by Crippen LogP contribution is 2.27. The van der Waals surface area contributed by atoms with E-state index < -0.39 is 0 Å². The van der Waals surface area contributed by atoms with Crippen LogP contribution in [0.2, 0.25) is 0 Å². The van der Waals surface area contributed by atoms with Gasteiger partial charge < -0.3 is 15.2 Å². The minimum atomic E-state index is -0.0761. The van der Waals surface area contributed by atoms with E-state index in [4.69, 9.17) is 0 Å². The van der Waals surface area contributed by atoms with E-state index in [1.807, 2.05) is 73.6 Å². The van der Waals surface area contributed by atoms with E-state index in [1.165, 1.54) is 10.9 Å². The highest BCUT2D eigenvalue weighted by Gasteiger charge is 2.31. The van der Waals surface area contributed by atoms with Gasteiger partial charge in [0.15, 0.2) is 0 Å². The lowest BCUT2D eigenvalue weighted by Gasteiger charge is -2.34. The van der Waals surface area contributed by atoms with Gasteiger partial charge >= 0.3 is 0 Å². The molecule has 0 spiro atoms. The first-order valence-electron chi connectivity index (χ1n) is 12.7. The first-order valence-corrected chi connectivity index (χ1v) is 12.7. The molecule has 36 heavy (non-hydrogen) atoms. The van der Waals surface area contributed by atoms with E-state index in [1.54, 1.807) is 4.68 Å². The van der Waals surface area contributed by atoms with Crippen molar-refractivity contribution in [3.05, 3.63) is 83.8 Å². The van der Waals surface area contributed by atoms with E-state index in [0.717, 1.165) is 36.2 Å². The Bertz CT molecular complexity index is 1350. The van der Waals surface area contributed by atoms with Crippen molar-refractivity contribution < 1.29 is 9.59 Å². The number of fused-ring (bicyclic) bond motifs is 1. The van der Waals surface area contributed by atoms with Crippen molar-refractivity contribution in [2.75, 3.05) is 19.6 Å². The summed E-state index contributed by atoms with van der Waals surface area (Å²) in [4.78, 5) is 31.2. The zero-order chi connectivity index (χ0) is 25.1. The fourth-order valence-corrected chi connectivity index (χ4v) is 5.19. The molecule has 3 heterocycles. The van der Waals surface area contributed by atoms with Gasteiger partial charge in [0, 0.05) is 48.8 Å². The normalized spacial score (nSPS) is 15.2. The molecule has 2 amide bonds. The summed E-state index contributed by atoms with van der Waals surface area (Å²) in [5.74, 6) is 0.312. The fourth-order valence-electron chi connectivity index (χ4n) is 5.19. The van der Waals surface area contributed by atoms with Crippen LogP contribution in [-0.4, -0.2) is 51.1 Å². The first-order chi connectivity index (χ1) is 17.5. The van der Waals surface area contributed by atoms with Gasteiger partial charge in [0.2, 0.25) is 5.91 Å². The number of H-pyrrole nitrogens is 1. The maximum Gasteiger partial charge on any atom is 0.257 e. The number of aromatic nitrogens is 3. The van der Waals surface area contributed by atoms with Crippen LogP contribution in [0.5, 0.6) is 0 Å². The lowest BCUT2D eigenvalue weighted by Crippen LogP contribution is -2.43. The number of carbonyl (C=O) groups is 2. The van der Waals surface area contributed by atoms with Crippen molar-refractivity contribution in [3.63, 3.8) is 0 Å². The van der Waals surface area contributed by atoms with Crippen molar-refractivity contribution in [2.24, 2.45) is 11.8 Å². The summed E-state index contributed by atoms with van der Waals surface area (Å²) in [5, 5.41) is 8.87. The second kappa shape index (κ2) is 10.4. The Morgan fingerprint density at radius 1 is 1.08 bits per heavy atom. The Balaban J connectivity index is 1.12. The molecule has 2 aromatic heterocycles.